The van der Waals surface area contributed by atoms with Crippen LogP contribution in [-0.2, 0) is 13.0 Å². The predicted molar refractivity (Wildman–Crippen MR) is 80.5 cm³/mol. The molecule has 1 atom stereocenters. The van der Waals surface area contributed by atoms with Crippen molar-refractivity contribution >= 4 is 22.4 Å². The molecule has 19 heavy (non-hydrogen) atoms. The molecule has 0 saturated heterocycles. The number of pyridine rings is 1. The van der Waals surface area contributed by atoms with E-state index in [2.05, 4.69) is 38.6 Å². The van der Waals surface area contributed by atoms with Gasteiger partial charge in [-0.05, 0) is 53.4 Å². The molecule has 0 aliphatic carbocycles. The molecule has 3 aromatic rings. The molecule has 98 valence electrons. The summed E-state index contributed by atoms with van der Waals surface area (Å²) in [5.74, 6) is 0. The van der Waals surface area contributed by atoms with E-state index in [4.69, 9.17) is 5.73 Å². The van der Waals surface area contributed by atoms with Crippen LogP contribution in [0.5, 0.6) is 0 Å². The molecule has 1 unspecified atom stereocenters. The van der Waals surface area contributed by atoms with E-state index < -0.39 is 0 Å². The number of nitrogens with zero attached hydrogens (tertiary/aromatic N) is 2. The van der Waals surface area contributed by atoms with Crippen molar-refractivity contribution in [2.45, 2.75) is 25.9 Å². The van der Waals surface area contributed by atoms with Crippen molar-refractivity contribution in [2.24, 2.45) is 5.73 Å². The molecule has 3 heterocycles. The van der Waals surface area contributed by atoms with Crippen LogP contribution < -0.4 is 5.73 Å². The fourth-order valence-electron chi connectivity index (χ4n) is 2.40. The quantitative estimate of drug-likeness (QED) is 0.792. The summed E-state index contributed by atoms with van der Waals surface area (Å²) in [6, 6.07) is 6.44. The smallest absolute Gasteiger partial charge is 0.140 e. The first-order valence-corrected chi connectivity index (χ1v) is 7.37. The van der Waals surface area contributed by atoms with E-state index >= 15 is 0 Å². The molecule has 3 rings (SSSR count). The van der Waals surface area contributed by atoms with Gasteiger partial charge in [0.1, 0.15) is 5.65 Å². The zero-order valence-electron chi connectivity index (χ0n) is 10.9. The molecule has 0 aliphatic heterocycles. The highest BCUT2D eigenvalue weighted by molar-refractivity contribution is 7.07. The van der Waals surface area contributed by atoms with Crippen LogP contribution in [0, 0.1) is 0 Å². The number of aromatic nitrogens is 2. The molecular formula is C15H17N3S. The monoisotopic (exact) mass is 271 g/mol. The first-order valence-electron chi connectivity index (χ1n) is 6.43. The van der Waals surface area contributed by atoms with Gasteiger partial charge in [-0.1, -0.05) is 0 Å². The lowest BCUT2D eigenvalue weighted by Gasteiger charge is -2.02. The zero-order chi connectivity index (χ0) is 13.2. The Hall–Kier alpha value is -1.65. The third-order valence-electron chi connectivity index (χ3n) is 3.19. The molecule has 3 aromatic heterocycles. The van der Waals surface area contributed by atoms with Crippen molar-refractivity contribution in [1.82, 2.24) is 9.55 Å². The van der Waals surface area contributed by atoms with E-state index in [1.165, 1.54) is 16.5 Å². The van der Waals surface area contributed by atoms with Gasteiger partial charge in [0.05, 0.1) is 0 Å². The van der Waals surface area contributed by atoms with Crippen molar-refractivity contribution in [3.8, 4) is 0 Å². The fraction of sp³-hybridized carbons (Fsp3) is 0.267. The van der Waals surface area contributed by atoms with Crippen molar-refractivity contribution < 1.29 is 0 Å². The minimum absolute atomic E-state index is 0.167. The summed E-state index contributed by atoms with van der Waals surface area (Å²) >= 11 is 1.73. The Kier molecular flexibility index (Phi) is 3.36. The van der Waals surface area contributed by atoms with Gasteiger partial charge < -0.3 is 10.3 Å². The summed E-state index contributed by atoms with van der Waals surface area (Å²) in [5, 5.41) is 5.51. The molecular weight excluding hydrogens is 254 g/mol. The molecule has 2 N–H and O–H groups in total. The van der Waals surface area contributed by atoms with E-state index in [1.54, 1.807) is 11.3 Å². The zero-order valence-corrected chi connectivity index (χ0v) is 11.7. The lowest BCUT2D eigenvalue weighted by atomic mass is 10.1. The third-order valence-corrected chi connectivity index (χ3v) is 3.92. The molecule has 3 nitrogen and oxygen atoms in total. The van der Waals surface area contributed by atoms with Crippen LogP contribution in [0.15, 0.2) is 41.4 Å². The first kappa shape index (κ1) is 12.4. The highest BCUT2D eigenvalue weighted by Crippen LogP contribution is 2.22. The Labute approximate surface area is 116 Å². The van der Waals surface area contributed by atoms with Crippen molar-refractivity contribution in [3.63, 3.8) is 0 Å². The standard InChI is InChI=1S/C15H17N3S/c1-11(16)7-13-9-18(8-12-4-6-19-10-12)15-14(13)3-2-5-17-15/h2-6,9-11H,7-8,16H2,1H3. The Balaban J connectivity index is 2.04. The molecule has 0 bridgehead atoms. The van der Waals surface area contributed by atoms with Crippen LogP contribution in [0.25, 0.3) is 11.0 Å². The van der Waals surface area contributed by atoms with Crippen LogP contribution >= 0.6 is 11.3 Å². The maximum absolute atomic E-state index is 5.93. The number of thiophene rings is 1. The third kappa shape index (κ3) is 2.55. The Morgan fingerprint density at radius 1 is 1.42 bits per heavy atom. The summed E-state index contributed by atoms with van der Waals surface area (Å²) in [7, 11) is 0. The highest BCUT2D eigenvalue weighted by Gasteiger charge is 2.11. The molecule has 0 saturated carbocycles. The highest BCUT2D eigenvalue weighted by atomic mass is 32.1. The second-order valence-electron chi connectivity index (χ2n) is 4.97. The SMILES string of the molecule is CC(N)Cc1cn(Cc2ccsc2)c2ncccc12. The minimum atomic E-state index is 0.167. The van der Waals surface area contributed by atoms with E-state index in [0.717, 1.165) is 18.6 Å². The molecule has 4 heteroatoms. The molecule has 0 radical (unpaired) electrons. The van der Waals surface area contributed by atoms with Gasteiger partial charge in [-0.2, -0.15) is 11.3 Å². The van der Waals surface area contributed by atoms with Crippen molar-refractivity contribution in [2.75, 3.05) is 0 Å². The summed E-state index contributed by atoms with van der Waals surface area (Å²) in [6.45, 7) is 2.91. The number of hydrogen-bond acceptors (Lipinski definition) is 3. The van der Waals surface area contributed by atoms with Crippen LogP contribution in [-0.4, -0.2) is 15.6 Å². The normalized spacial score (nSPS) is 12.9. The summed E-state index contributed by atoms with van der Waals surface area (Å²) in [5.41, 5.74) is 9.58. The lowest BCUT2D eigenvalue weighted by Crippen LogP contribution is -2.17. The van der Waals surface area contributed by atoms with Gasteiger partial charge in [-0.3, -0.25) is 0 Å². The number of rotatable bonds is 4. The van der Waals surface area contributed by atoms with Crippen molar-refractivity contribution in [3.05, 3.63) is 52.5 Å². The number of nitrogens with two attached hydrogens (primary N) is 1. The van der Waals surface area contributed by atoms with Gasteiger partial charge in [-0.25, -0.2) is 4.98 Å². The van der Waals surface area contributed by atoms with Gasteiger partial charge in [0.15, 0.2) is 0 Å². The minimum Gasteiger partial charge on any atom is -0.328 e. The molecule has 0 aliphatic rings. The Morgan fingerprint density at radius 2 is 2.32 bits per heavy atom. The Bertz CT molecular complexity index is 668. The molecule has 0 fully saturated rings. The van der Waals surface area contributed by atoms with Gasteiger partial charge in [-0.15, -0.1) is 0 Å². The van der Waals surface area contributed by atoms with E-state index in [-0.39, 0.29) is 6.04 Å². The number of fused-ring (bicyclic) bond motifs is 1. The average molecular weight is 271 g/mol. The van der Waals surface area contributed by atoms with Gasteiger partial charge in [0, 0.05) is 30.4 Å². The van der Waals surface area contributed by atoms with E-state index in [1.807, 2.05) is 19.2 Å². The largest absolute Gasteiger partial charge is 0.328 e. The molecule has 0 amide bonds. The van der Waals surface area contributed by atoms with Crippen LogP contribution in [0.3, 0.4) is 0 Å². The topological polar surface area (TPSA) is 43.8 Å². The molecule has 0 spiro atoms. The van der Waals surface area contributed by atoms with Crippen LogP contribution in [0.2, 0.25) is 0 Å². The predicted octanol–water partition coefficient (Wildman–Crippen LogP) is 3.04. The average Bonchev–Trinajstić information content (AvgIpc) is 2.99. The molecule has 0 aromatic carbocycles. The van der Waals surface area contributed by atoms with Gasteiger partial charge in [0.2, 0.25) is 0 Å². The van der Waals surface area contributed by atoms with E-state index in [9.17, 15) is 0 Å². The second-order valence-corrected chi connectivity index (χ2v) is 5.75. The van der Waals surface area contributed by atoms with Gasteiger partial charge in [0.25, 0.3) is 0 Å². The summed E-state index contributed by atoms with van der Waals surface area (Å²) in [4.78, 5) is 4.52. The maximum atomic E-state index is 5.93. The number of hydrogen-bond donors (Lipinski definition) is 1. The van der Waals surface area contributed by atoms with Gasteiger partial charge >= 0.3 is 0 Å². The summed E-state index contributed by atoms with van der Waals surface area (Å²) in [6.07, 6.45) is 4.93. The van der Waals surface area contributed by atoms with Crippen LogP contribution in [0.1, 0.15) is 18.1 Å². The van der Waals surface area contributed by atoms with Crippen molar-refractivity contribution in [1.29, 1.82) is 0 Å². The maximum Gasteiger partial charge on any atom is 0.140 e. The fourth-order valence-corrected chi connectivity index (χ4v) is 3.06. The lowest BCUT2D eigenvalue weighted by molar-refractivity contribution is 0.734. The second kappa shape index (κ2) is 5.15. The Morgan fingerprint density at radius 3 is 3.05 bits per heavy atom. The van der Waals surface area contributed by atoms with Crippen LogP contribution in [0.4, 0.5) is 0 Å². The summed E-state index contributed by atoms with van der Waals surface area (Å²) < 4.78 is 2.22. The first-order chi connectivity index (χ1) is 9.24. The van der Waals surface area contributed by atoms with E-state index in [0.29, 0.717) is 0 Å².